The number of aromatic nitrogens is 3. The van der Waals surface area contributed by atoms with E-state index in [1.54, 1.807) is 12.1 Å². The van der Waals surface area contributed by atoms with Crippen LogP contribution >= 0.6 is 0 Å². The van der Waals surface area contributed by atoms with Crippen molar-refractivity contribution in [2.45, 2.75) is 0 Å². The van der Waals surface area contributed by atoms with Crippen LogP contribution in [0, 0.1) is 0 Å². The minimum atomic E-state index is -1.00. The predicted octanol–water partition coefficient (Wildman–Crippen LogP) is 0.752. The number of methoxy groups -OCH3 is 1. The van der Waals surface area contributed by atoms with Gasteiger partial charge in [-0.25, -0.2) is 19.3 Å². The zero-order valence-electron chi connectivity index (χ0n) is 9.40. The van der Waals surface area contributed by atoms with Crippen molar-refractivity contribution < 1.29 is 19.4 Å². The van der Waals surface area contributed by atoms with E-state index in [2.05, 4.69) is 14.8 Å². The van der Waals surface area contributed by atoms with Gasteiger partial charge in [0.05, 0.1) is 18.4 Å². The molecule has 0 saturated heterocycles. The Bertz CT molecular complexity index is 589. The summed E-state index contributed by atoms with van der Waals surface area (Å²) >= 11 is 0. The van der Waals surface area contributed by atoms with Crippen molar-refractivity contribution in [1.82, 2.24) is 14.8 Å². The van der Waals surface area contributed by atoms with Gasteiger partial charge in [-0.15, -0.1) is 5.10 Å². The molecule has 0 unspecified atom stereocenters. The maximum atomic E-state index is 11.2. The number of nitrogens with zero attached hydrogens (tertiary/aromatic N) is 3. The van der Waals surface area contributed by atoms with Gasteiger partial charge in [0.15, 0.2) is 0 Å². The number of carboxylic acids is 1. The van der Waals surface area contributed by atoms with E-state index in [0.29, 0.717) is 5.69 Å². The average molecular weight is 247 g/mol. The number of carbonyl (C=O) groups excluding carboxylic acids is 1. The van der Waals surface area contributed by atoms with Crippen LogP contribution in [0.3, 0.4) is 0 Å². The Hall–Kier alpha value is -2.70. The van der Waals surface area contributed by atoms with Gasteiger partial charge in [-0.1, -0.05) is 0 Å². The first kappa shape index (κ1) is 11.8. The number of rotatable bonds is 3. The fourth-order valence-corrected chi connectivity index (χ4v) is 1.33. The lowest BCUT2D eigenvalue weighted by Crippen LogP contribution is -2.05. The molecule has 0 aliphatic heterocycles. The number of hydrogen-bond donors (Lipinski definition) is 1. The molecule has 0 radical (unpaired) electrons. The molecular weight excluding hydrogens is 238 g/mol. The van der Waals surface area contributed by atoms with Crippen LogP contribution in [0.4, 0.5) is 0 Å². The molecule has 7 nitrogen and oxygen atoms in total. The maximum Gasteiger partial charge on any atom is 0.377 e. The van der Waals surface area contributed by atoms with Crippen molar-refractivity contribution in [3.05, 3.63) is 42.0 Å². The Balaban J connectivity index is 2.29. The van der Waals surface area contributed by atoms with Crippen LogP contribution < -0.4 is 0 Å². The molecule has 18 heavy (non-hydrogen) atoms. The Morgan fingerprint density at radius 3 is 2.50 bits per heavy atom. The molecule has 0 bridgehead atoms. The molecular formula is C11H9N3O4. The summed E-state index contributed by atoms with van der Waals surface area (Å²) in [5.74, 6) is -1.69. The SMILES string of the molecule is COC(=O)c1ncn(-c2ccc(C(=O)O)cc2)n1. The molecule has 1 aromatic carbocycles. The zero-order chi connectivity index (χ0) is 13.1. The van der Waals surface area contributed by atoms with Crippen LogP contribution in [0.15, 0.2) is 30.6 Å². The summed E-state index contributed by atoms with van der Waals surface area (Å²) in [6, 6.07) is 6.02. The Labute approximate surface area is 102 Å². The number of esters is 1. The summed E-state index contributed by atoms with van der Waals surface area (Å²) in [4.78, 5) is 25.6. The van der Waals surface area contributed by atoms with Gasteiger partial charge in [-0.2, -0.15) is 0 Å². The highest BCUT2D eigenvalue weighted by molar-refractivity contribution is 5.87. The molecule has 1 aromatic heterocycles. The molecule has 0 atom stereocenters. The molecule has 1 heterocycles. The van der Waals surface area contributed by atoms with Gasteiger partial charge in [0.25, 0.3) is 5.82 Å². The van der Waals surface area contributed by atoms with E-state index < -0.39 is 11.9 Å². The lowest BCUT2D eigenvalue weighted by molar-refractivity contribution is 0.0586. The van der Waals surface area contributed by atoms with Gasteiger partial charge in [0, 0.05) is 0 Å². The maximum absolute atomic E-state index is 11.2. The van der Waals surface area contributed by atoms with Gasteiger partial charge in [-0.05, 0) is 24.3 Å². The third kappa shape index (κ3) is 2.19. The van der Waals surface area contributed by atoms with Crippen molar-refractivity contribution in [2.75, 3.05) is 7.11 Å². The minimum absolute atomic E-state index is 0.0557. The number of hydrogen-bond acceptors (Lipinski definition) is 5. The molecule has 7 heteroatoms. The summed E-state index contributed by atoms with van der Waals surface area (Å²) in [5, 5.41) is 12.7. The molecule has 0 aliphatic rings. The number of ether oxygens (including phenoxy) is 1. The second-order valence-corrected chi connectivity index (χ2v) is 3.36. The van der Waals surface area contributed by atoms with Crippen LogP contribution in [0.2, 0.25) is 0 Å². The van der Waals surface area contributed by atoms with Gasteiger partial charge in [-0.3, -0.25) is 0 Å². The molecule has 0 aliphatic carbocycles. The summed E-state index contributed by atoms with van der Waals surface area (Å²) < 4.78 is 5.84. The van der Waals surface area contributed by atoms with Crippen LogP contribution in [-0.4, -0.2) is 38.9 Å². The fourth-order valence-electron chi connectivity index (χ4n) is 1.33. The van der Waals surface area contributed by atoms with E-state index in [-0.39, 0.29) is 11.4 Å². The quantitative estimate of drug-likeness (QED) is 0.804. The van der Waals surface area contributed by atoms with Crippen molar-refractivity contribution >= 4 is 11.9 Å². The lowest BCUT2D eigenvalue weighted by Gasteiger charge is -2.00. The van der Waals surface area contributed by atoms with Gasteiger partial charge in [0.2, 0.25) is 0 Å². The summed E-state index contributed by atoms with van der Waals surface area (Å²) in [5.41, 5.74) is 0.773. The van der Waals surface area contributed by atoms with Gasteiger partial charge >= 0.3 is 11.9 Å². The van der Waals surface area contributed by atoms with Crippen LogP contribution in [0.25, 0.3) is 5.69 Å². The minimum Gasteiger partial charge on any atom is -0.478 e. The second kappa shape index (κ2) is 4.66. The molecule has 92 valence electrons. The number of carboxylic acid groups (broad SMARTS) is 1. The second-order valence-electron chi connectivity index (χ2n) is 3.36. The van der Waals surface area contributed by atoms with E-state index >= 15 is 0 Å². The molecule has 0 fully saturated rings. The highest BCUT2D eigenvalue weighted by Gasteiger charge is 2.12. The highest BCUT2D eigenvalue weighted by Crippen LogP contribution is 2.08. The smallest absolute Gasteiger partial charge is 0.377 e. The molecule has 0 saturated carbocycles. The average Bonchev–Trinajstić information content (AvgIpc) is 2.87. The van der Waals surface area contributed by atoms with Crippen LogP contribution in [-0.2, 0) is 4.74 Å². The van der Waals surface area contributed by atoms with E-state index in [9.17, 15) is 9.59 Å². The van der Waals surface area contributed by atoms with E-state index in [1.807, 2.05) is 0 Å². The highest BCUT2D eigenvalue weighted by atomic mass is 16.5. The Morgan fingerprint density at radius 1 is 1.28 bits per heavy atom. The van der Waals surface area contributed by atoms with Crippen molar-refractivity contribution in [2.24, 2.45) is 0 Å². The first-order chi connectivity index (χ1) is 8.61. The molecule has 0 spiro atoms. The summed E-state index contributed by atoms with van der Waals surface area (Å²) in [7, 11) is 1.24. The normalized spacial score (nSPS) is 10.1. The number of aromatic carboxylic acids is 1. The monoisotopic (exact) mass is 247 g/mol. The predicted molar refractivity (Wildman–Crippen MR) is 59.7 cm³/mol. The Kier molecular flexibility index (Phi) is 3.05. The van der Waals surface area contributed by atoms with E-state index in [0.717, 1.165) is 0 Å². The van der Waals surface area contributed by atoms with E-state index in [4.69, 9.17) is 5.11 Å². The molecule has 1 N–H and O–H groups in total. The third-order valence-electron chi connectivity index (χ3n) is 2.24. The van der Waals surface area contributed by atoms with E-state index in [1.165, 1.54) is 30.3 Å². The van der Waals surface area contributed by atoms with Crippen LogP contribution in [0.5, 0.6) is 0 Å². The van der Waals surface area contributed by atoms with Crippen molar-refractivity contribution in [3.8, 4) is 5.69 Å². The Morgan fingerprint density at radius 2 is 1.94 bits per heavy atom. The largest absolute Gasteiger partial charge is 0.478 e. The topological polar surface area (TPSA) is 94.3 Å². The van der Waals surface area contributed by atoms with Gasteiger partial charge in [0.1, 0.15) is 6.33 Å². The standard InChI is InChI=1S/C11H9N3O4/c1-18-11(17)9-12-6-14(13-9)8-4-2-7(3-5-8)10(15)16/h2-6H,1H3,(H,15,16). The third-order valence-corrected chi connectivity index (χ3v) is 2.24. The number of benzene rings is 1. The molecule has 2 aromatic rings. The first-order valence-electron chi connectivity index (χ1n) is 4.95. The van der Waals surface area contributed by atoms with Crippen LogP contribution in [0.1, 0.15) is 21.0 Å². The zero-order valence-corrected chi connectivity index (χ0v) is 9.40. The summed E-state index contributed by atoms with van der Waals surface area (Å²) in [6.07, 6.45) is 1.35. The molecule has 0 amide bonds. The molecule has 2 rings (SSSR count). The lowest BCUT2D eigenvalue weighted by atomic mass is 10.2. The first-order valence-corrected chi connectivity index (χ1v) is 4.95. The van der Waals surface area contributed by atoms with Crippen molar-refractivity contribution in [3.63, 3.8) is 0 Å². The summed E-state index contributed by atoms with van der Waals surface area (Å²) in [6.45, 7) is 0. The number of carbonyl (C=O) groups is 2. The fraction of sp³-hybridized carbons (Fsp3) is 0.0909. The van der Waals surface area contributed by atoms with Gasteiger partial charge < -0.3 is 9.84 Å². The van der Waals surface area contributed by atoms with Crippen molar-refractivity contribution in [1.29, 1.82) is 0 Å².